The predicted molar refractivity (Wildman–Crippen MR) is 194 cm³/mol. The van der Waals surface area contributed by atoms with Crippen LogP contribution in [0.3, 0.4) is 0 Å². The molecule has 0 aromatic heterocycles. The Bertz CT molecular complexity index is 1670. The molecule has 2 amide bonds. The molecule has 14 atom stereocenters. The van der Waals surface area contributed by atoms with E-state index in [4.69, 9.17) is 29.4 Å². The number of primary amides is 1. The molecule has 298 valence electrons. The minimum Gasteiger partial charge on any atom is -0.461 e. The number of anilines is 1. The van der Waals surface area contributed by atoms with E-state index in [0.29, 0.717) is 32.4 Å². The molecule has 14 nitrogen and oxygen atoms in total. The second-order valence-corrected chi connectivity index (χ2v) is 17.2. The molecule has 6 aliphatic rings. The van der Waals surface area contributed by atoms with E-state index in [9.17, 15) is 29.4 Å². The van der Waals surface area contributed by atoms with E-state index in [1.54, 1.807) is 66.4 Å². The number of likely N-dealkylation sites (tertiary alicyclic amines) is 1. The Morgan fingerprint density at radius 3 is 2.41 bits per heavy atom. The molecule has 0 radical (unpaired) electrons. The lowest BCUT2D eigenvalue weighted by atomic mass is 9.42. The summed E-state index contributed by atoms with van der Waals surface area (Å²) in [5, 5.41) is 29.7. The molecule has 1 saturated heterocycles. The summed E-state index contributed by atoms with van der Waals surface area (Å²) >= 11 is 0. The number of para-hydroxylation sites is 1. The fourth-order valence-electron chi connectivity index (χ4n) is 12.8. The first-order chi connectivity index (χ1) is 25.6. The fourth-order valence-corrected chi connectivity index (χ4v) is 12.8. The molecule has 5 saturated carbocycles. The summed E-state index contributed by atoms with van der Waals surface area (Å²) in [5.41, 5.74) is 0.639. The van der Waals surface area contributed by atoms with Crippen LogP contribution in [0.15, 0.2) is 24.3 Å². The summed E-state index contributed by atoms with van der Waals surface area (Å²) in [6.07, 6.45) is -0.568. The summed E-state index contributed by atoms with van der Waals surface area (Å²) in [5.74, 6) is -4.62. The highest BCUT2D eigenvalue weighted by molar-refractivity contribution is 6.02. The number of fused-ring (bicyclic) bond motifs is 2. The van der Waals surface area contributed by atoms with Gasteiger partial charge >= 0.3 is 11.9 Å². The smallest absolute Gasteiger partial charge is 0.340 e. The molecular weight excluding hydrogens is 698 g/mol. The summed E-state index contributed by atoms with van der Waals surface area (Å²) in [7, 11) is 4.87. The first kappa shape index (κ1) is 39.1. The molecule has 0 unspecified atom stereocenters. The molecule has 14 heteroatoms. The van der Waals surface area contributed by atoms with Crippen molar-refractivity contribution in [3.8, 4) is 0 Å². The molecule has 1 spiro atoms. The van der Waals surface area contributed by atoms with Gasteiger partial charge in [-0.25, -0.2) is 4.79 Å². The van der Waals surface area contributed by atoms with Crippen molar-refractivity contribution < 1.29 is 53.1 Å². The van der Waals surface area contributed by atoms with Gasteiger partial charge in [-0.15, -0.1) is 0 Å². The largest absolute Gasteiger partial charge is 0.461 e. The molecule has 7 bridgehead atoms. The van der Waals surface area contributed by atoms with Gasteiger partial charge in [0.25, 0.3) is 0 Å². The van der Waals surface area contributed by atoms with E-state index in [-0.39, 0.29) is 60.5 Å². The van der Waals surface area contributed by atoms with Crippen molar-refractivity contribution in [2.45, 2.75) is 101 Å². The highest BCUT2D eigenvalue weighted by Gasteiger charge is 2.92. The van der Waals surface area contributed by atoms with E-state index in [2.05, 4.69) is 10.2 Å². The third kappa shape index (κ3) is 5.19. The maximum atomic E-state index is 14.1. The molecule has 1 aromatic carbocycles. The Labute approximate surface area is 316 Å². The average Bonchev–Trinajstić information content (AvgIpc) is 3.53. The lowest BCUT2D eigenvalue weighted by molar-refractivity contribution is -0.319. The van der Waals surface area contributed by atoms with Crippen molar-refractivity contribution in [2.75, 3.05) is 46.3 Å². The number of nitrogens with zero attached hydrogens (tertiary/aromatic N) is 1. The molecule has 5 N–H and O–H groups in total. The number of ether oxygens (including phenoxy) is 5. The lowest BCUT2D eigenvalue weighted by Gasteiger charge is -2.70. The number of aliphatic hydroxyl groups is 2. The number of likely N-dealkylation sites (N-methyl/N-ethyl adjacent to an activating group) is 1. The number of esters is 2. The van der Waals surface area contributed by atoms with Gasteiger partial charge < -0.3 is 44.9 Å². The van der Waals surface area contributed by atoms with Gasteiger partial charge in [-0.1, -0.05) is 39.8 Å². The molecule has 1 aromatic rings. The third-order valence-corrected chi connectivity index (χ3v) is 14.6. The van der Waals surface area contributed by atoms with Crippen molar-refractivity contribution in [3.63, 3.8) is 0 Å². The summed E-state index contributed by atoms with van der Waals surface area (Å²) in [4.78, 5) is 54.0. The molecular formula is C40H57N3O11. The average molecular weight is 756 g/mol. The number of piperidine rings is 1. The highest BCUT2D eigenvalue weighted by Crippen LogP contribution is 2.80. The number of nitrogens with two attached hydrogens (primary N) is 1. The van der Waals surface area contributed by atoms with E-state index in [1.165, 1.54) is 0 Å². The minimum absolute atomic E-state index is 0.0140. The molecule has 7 rings (SSSR count). The third-order valence-electron chi connectivity index (χ3n) is 14.6. The van der Waals surface area contributed by atoms with Gasteiger partial charge in [-0.3, -0.25) is 19.3 Å². The van der Waals surface area contributed by atoms with Gasteiger partial charge in [0.05, 0.1) is 48.1 Å². The number of carbonyl (C=O) groups is 4. The van der Waals surface area contributed by atoms with Gasteiger partial charge in [-0.2, -0.15) is 0 Å². The van der Waals surface area contributed by atoms with Crippen LogP contribution in [0.1, 0.15) is 70.2 Å². The number of benzene rings is 1. The van der Waals surface area contributed by atoms with Gasteiger partial charge in [0, 0.05) is 75.2 Å². The maximum absolute atomic E-state index is 14.1. The van der Waals surface area contributed by atoms with E-state index in [0.717, 1.165) is 0 Å². The number of rotatable bonds is 13. The molecule has 1 aliphatic heterocycles. The van der Waals surface area contributed by atoms with Crippen LogP contribution in [0.25, 0.3) is 0 Å². The Balaban J connectivity index is 1.30. The van der Waals surface area contributed by atoms with Crippen LogP contribution in [-0.4, -0.2) is 122 Å². The number of nitrogens with one attached hydrogen (secondary N) is 1. The zero-order valence-corrected chi connectivity index (χ0v) is 32.4. The van der Waals surface area contributed by atoms with Crippen LogP contribution in [0.5, 0.6) is 0 Å². The number of hydrogen-bond acceptors (Lipinski definition) is 12. The molecule has 6 fully saturated rings. The number of amides is 2. The first-order valence-electron chi connectivity index (χ1n) is 19.4. The van der Waals surface area contributed by atoms with Gasteiger partial charge in [0.1, 0.15) is 17.3 Å². The van der Waals surface area contributed by atoms with Crippen LogP contribution in [-0.2, 0) is 38.1 Å². The summed E-state index contributed by atoms with van der Waals surface area (Å²) in [6, 6.07) is 5.99. The Hall–Kier alpha value is -3.14. The number of methoxy groups -OCH3 is 3. The van der Waals surface area contributed by atoms with Crippen LogP contribution < -0.4 is 11.1 Å². The predicted octanol–water partition coefficient (Wildman–Crippen LogP) is 2.14. The van der Waals surface area contributed by atoms with Crippen molar-refractivity contribution in [1.29, 1.82) is 0 Å². The van der Waals surface area contributed by atoms with Crippen molar-refractivity contribution in [3.05, 3.63) is 29.8 Å². The van der Waals surface area contributed by atoms with Gasteiger partial charge in [0.2, 0.25) is 11.8 Å². The highest BCUT2D eigenvalue weighted by atomic mass is 16.6. The number of hydrogen-bond donors (Lipinski definition) is 4. The second-order valence-electron chi connectivity index (χ2n) is 17.2. The van der Waals surface area contributed by atoms with Crippen LogP contribution >= 0.6 is 0 Å². The molecule has 1 heterocycles. The zero-order chi connectivity index (χ0) is 39.1. The SMILES string of the molecule is CCN1C[C@]2(COC(=O)c3ccccc3NC(=O)[C@H](C)CC(N)=O)CC[C@H](OC)[C@@]34[C@@H]5C[C@H]6[C@H](OC(=O)C(C)C)[C@@H]5[C@](O)(C[C@@H]6OC)[C@@](O)([C@@H](OC)[C@H]23)[C@@H]14. The van der Waals surface area contributed by atoms with Crippen LogP contribution in [0, 0.1) is 46.3 Å². The van der Waals surface area contributed by atoms with Crippen LogP contribution in [0.2, 0.25) is 0 Å². The van der Waals surface area contributed by atoms with Crippen molar-refractivity contribution in [1.82, 2.24) is 4.90 Å². The maximum Gasteiger partial charge on any atom is 0.340 e. The number of carbonyl (C=O) groups excluding carboxylic acids is 4. The Morgan fingerprint density at radius 2 is 1.78 bits per heavy atom. The monoisotopic (exact) mass is 755 g/mol. The Kier molecular flexibility index (Phi) is 10.00. The quantitative estimate of drug-likeness (QED) is 0.215. The van der Waals surface area contributed by atoms with Gasteiger partial charge in [-0.05, 0) is 43.9 Å². The normalized spacial score (nSPS) is 42.0. The lowest BCUT2D eigenvalue weighted by Crippen LogP contribution is -2.82. The minimum atomic E-state index is -1.83. The zero-order valence-electron chi connectivity index (χ0n) is 32.4. The van der Waals surface area contributed by atoms with Crippen molar-refractivity contribution in [2.24, 2.45) is 52.1 Å². The van der Waals surface area contributed by atoms with Crippen LogP contribution in [0.4, 0.5) is 5.69 Å². The van der Waals surface area contributed by atoms with E-state index >= 15 is 0 Å². The van der Waals surface area contributed by atoms with Crippen molar-refractivity contribution >= 4 is 29.4 Å². The summed E-state index contributed by atoms with van der Waals surface area (Å²) in [6.45, 7) is 8.19. The standard InChI is InChI=1S/C40H57N3O11/c1-8-43-18-37(19-53-35(47)22-11-9-10-12-25(22)42-33(45)21(4)15-28(41)44)14-13-27(51-6)39-24-16-23-26(50-5)17-38(48,29(24)30(23)54-34(46)20(2)3)40(49,36(39)43)32(52-7)31(37)39/h9-12,20-21,23-24,26-27,29-32,36,48-49H,8,13-19H2,1-7H3,(H2,41,44)(H,42,45)/t21-,23-,24-,26+,27+,29-,30+,31-,32+,36+,37+,38-,39+,40-/m1/s1. The molecule has 54 heavy (non-hydrogen) atoms. The second kappa shape index (κ2) is 13.8. The topological polar surface area (TPSA) is 196 Å². The van der Waals surface area contributed by atoms with E-state index in [1.807, 2.05) is 6.92 Å². The van der Waals surface area contributed by atoms with E-state index < -0.39 is 81.9 Å². The van der Waals surface area contributed by atoms with Gasteiger partial charge in [0.15, 0.2) is 0 Å². The molecule has 5 aliphatic carbocycles. The fraction of sp³-hybridized carbons (Fsp3) is 0.750. The summed E-state index contributed by atoms with van der Waals surface area (Å²) < 4.78 is 31.5. The first-order valence-corrected chi connectivity index (χ1v) is 19.4. The Morgan fingerprint density at radius 1 is 1.06 bits per heavy atom.